The molecule has 3 rings (SSSR count). The number of piperidine rings is 1. The Morgan fingerprint density at radius 2 is 2.15 bits per heavy atom. The highest BCUT2D eigenvalue weighted by molar-refractivity contribution is 5.86. The molecule has 1 fully saturated rings. The number of amides is 1. The van der Waals surface area contributed by atoms with Crippen molar-refractivity contribution in [3.63, 3.8) is 0 Å². The molecule has 140 valence electrons. The zero-order valence-electron chi connectivity index (χ0n) is 14.2. The molecule has 1 aliphatic rings. The maximum absolute atomic E-state index is 12.3. The third-order valence-electron chi connectivity index (χ3n) is 4.65. The number of aliphatic hydroxyl groups is 1. The van der Waals surface area contributed by atoms with Crippen LogP contribution in [0, 0.1) is 0 Å². The van der Waals surface area contributed by atoms with E-state index >= 15 is 0 Å². The first kappa shape index (κ1) is 18.0. The van der Waals surface area contributed by atoms with E-state index in [0.717, 1.165) is 0 Å². The van der Waals surface area contributed by atoms with Crippen LogP contribution >= 0.6 is 0 Å². The minimum atomic E-state index is -1.29. The number of nitrogens with two attached hydrogens (primary N) is 2. The van der Waals surface area contributed by atoms with Gasteiger partial charge in [-0.05, 0) is 13.3 Å². The molecule has 0 saturated carbocycles. The summed E-state index contributed by atoms with van der Waals surface area (Å²) >= 11 is 0. The lowest BCUT2D eigenvalue weighted by atomic mass is 9.88. The smallest absolute Gasteiger partial charge is 0.305 e. The van der Waals surface area contributed by atoms with Crippen molar-refractivity contribution in [1.29, 1.82) is 0 Å². The number of hydrogen-bond donors (Lipinski definition) is 4. The molecule has 3 atom stereocenters. The number of imidazole rings is 1. The monoisotopic (exact) mass is 363 g/mol. The number of aromatic nitrogens is 4. The number of β-amino-alcohol motifs (C(OH)–C–C–N with tert-alkyl or cyclic N) is 1. The summed E-state index contributed by atoms with van der Waals surface area (Å²) in [6.45, 7) is 1.95. The van der Waals surface area contributed by atoms with Crippen LogP contribution < -0.4 is 11.5 Å². The lowest BCUT2D eigenvalue weighted by Crippen LogP contribution is -2.57. The third-order valence-corrected chi connectivity index (χ3v) is 4.65. The number of hydrogen-bond acceptors (Lipinski definition) is 8. The van der Waals surface area contributed by atoms with Gasteiger partial charge in [0.15, 0.2) is 11.5 Å². The zero-order chi connectivity index (χ0) is 19.1. The normalized spacial score (nSPS) is 24.6. The topological polar surface area (TPSA) is 173 Å². The zero-order valence-corrected chi connectivity index (χ0v) is 14.2. The van der Waals surface area contributed by atoms with E-state index in [1.807, 2.05) is 0 Å². The number of carboxylic acid groups (broad SMARTS) is 1. The summed E-state index contributed by atoms with van der Waals surface area (Å²) in [5, 5.41) is 19.7. The van der Waals surface area contributed by atoms with E-state index in [-0.39, 0.29) is 18.4 Å². The van der Waals surface area contributed by atoms with Gasteiger partial charge in [-0.25, -0.2) is 15.0 Å². The van der Waals surface area contributed by atoms with Gasteiger partial charge >= 0.3 is 5.97 Å². The van der Waals surface area contributed by atoms with Crippen LogP contribution in [-0.2, 0) is 9.59 Å². The van der Waals surface area contributed by atoms with E-state index in [2.05, 4.69) is 15.0 Å². The van der Waals surface area contributed by atoms with Crippen molar-refractivity contribution in [2.45, 2.75) is 37.5 Å². The average molecular weight is 363 g/mol. The predicted molar refractivity (Wildman–Crippen MR) is 90.8 cm³/mol. The first-order chi connectivity index (χ1) is 12.2. The number of carbonyl (C=O) groups is 2. The fourth-order valence-electron chi connectivity index (χ4n) is 3.39. The lowest BCUT2D eigenvalue weighted by molar-refractivity contribution is -0.146. The summed E-state index contributed by atoms with van der Waals surface area (Å²) in [6.07, 6.45) is 2.84. The van der Waals surface area contributed by atoms with Gasteiger partial charge in [0.1, 0.15) is 17.4 Å². The summed E-state index contributed by atoms with van der Waals surface area (Å²) in [6, 6.07) is -1.52. The third kappa shape index (κ3) is 3.18. The molecule has 1 amide bonds. The molecule has 1 saturated heterocycles. The molecule has 0 aliphatic carbocycles. The Kier molecular flexibility index (Phi) is 4.50. The Hall–Kier alpha value is -2.79. The molecule has 0 unspecified atom stereocenters. The van der Waals surface area contributed by atoms with Crippen LogP contribution in [-0.4, -0.2) is 71.2 Å². The van der Waals surface area contributed by atoms with Crippen LogP contribution in [0.5, 0.6) is 0 Å². The Morgan fingerprint density at radius 3 is 2.81 bits per heavy atom. The maximum Gasteiger partial charge on any atom is 0.305 e. The van der Waals surface area contributed by atoms with E-state index in [9.17, 15) is 14.7 Å². The molecule has 11 nitrogen and oxygen atoms in total. The van der Waals surface area contributed by atoms with Gasteiger partial charge in [-0.1, -0.05) is 0 Å². The molecule has 0 spiro atoms. The van der Waals surface area contributed by atoms with Crippen molar-refractivity contribution in [3.05, 3.63) is 12.7 Å². The first-order valence-corrected chi connectivity index (χ1v) is 8.12. The van der Waals surface area contributed by atoms with Gasteiger partial charge in [0.25, 0.3) is 0 Å². The highest BCUT2D eigenvalue weighted by Crippen LogP contribution is 2.34. The SMILES string of the molecule is C[C@@]1(O)CN(C(=O)[C@@H](N)CC(=O)O)CC[C@H]1n1cnc2c(N)ncnc21. The molecule has 3 heterocycles. The number of aliphatic carboxylic acids is 1. The molecular weight excluding hydrogens is 342 g/mol. The lowest BCUT2D eigenvalue weighted by Gasteiger charge is -2.43. The van der Waals surface area contributed by atoms with E-state index < -0.39 is 29.9 Å². The largest absolute Gasteiger partial charge is 0.481 e. The Morgan fingerprint density at radius 1 is 1.42 bits per heavy atom. The fourth-order valence-corrected chi connectivity index (χ4v) is 3.39. The number of fused-ring (bicyclic) bond motifs is 1. The molecule has 0 aromatic carbocycles. The number of carboxylic acids is 1. The van der Waals surface area contributed by atoms with Crippen molar-refractivity contribution in [3.8, 4) is 0 Å². The summed E-state index contributed by atoms with van der Waals surface area (Å²) < 4.78 is 1.73. The Bertz CT molecular complexity index is 850. The number of anilines is 1. The highest BCUT2D eigenvalue weighted by atomic mass is 16.4. The predicted octanol–water partition coefficient (Wildman–Crippen LogP) is -1.27. The van der Waals surface area contributed by atoms with Gasteiger partial charge in [-0.15, -0.1) is 0 Å². The van der Waals surface area contributed by atoms with Crippen molar-refractivity contribution >= 4 is 28.9 Å². The van der Waals surface area contributed by atoms with Crippen LogP contribution in [0.2, 0.25) is 0 Å². The van der Waals surface area contributed by atoms with E-state index in [1.54, 1.807) is 17.8 Å². The minimum absolute atomic E-state index is 0.0179. The second kappa shape index (κ2) is 6.50. The van der Waals surface area contributed by atoms with E-state index in [1.165, 1.54) is 11.2 Å². The van der Waals surface area contributed by atoms with E-state index in [4.69, 9.17) is 16.6 Å². The molecule has 0 radical (unpaired) electrons. The summed E-state index contributed by atoms with van der Waals surface area (Å²) in [7, 11) is 0. The van der Waals surface area contributed by atoms with Crippen molar-refractivity contribution in [1.82, 2.24) is 24.4 Å². The number of rotatable bonds is 4. The Labute approximate surface area is 148 Å². The number of likely N-dealkylation sites (tertiary alicyclic amines) is 1. The van der Waals surface area contributed by atoms with E-state index in [0.29, 0.717) is 24.1 Å². The average Bonchev–Trinajstić information content (AvgIpc) is 2.97. The molecule has 6 N–H and O–H groups in total. The van der Waals surface area contributed by atoms with Crippen LogP contribution in [0.4, 0.5) is 5.82 Å². The van der Waals surface area contributed by atoms with Gasteiger partial charge in [-0.2, -0.15) is 0 Å². The molecular formula is C15H21N7O4. The van der Waals surface area contributed by atoms with Crippen LogP contribution in [0.25, 0.3) is 11.2 Å². The van der Waals surface area contributed by atoms with Gasteiger partial charge in [-0.3, -0.25) is 9.59 Å². The van der Waals surface area contributed by atoms with Crippen LogP contribution in [0.15, 0.2) is 12.7 Å². The summed E-state index contributed by atoms with van der Waals surface area (Å²) in [5.41, 5.74) is 11.1. The van der Waals surface area contributed by atoms with Gasteiger partial charge in [0.2, 0.25) is 5.91 Å². The number of nitrogens with zero attached hydrogens (tertiary/aromatic N) is 5. The maximum atomic E-state index is 12.3. The van der Waals surface area contributed by atoms with Crippen LogP contribution in [0.1, 0.15) is 25.8 Å². The molecule has 2 aromatic rings. The fraction of sp³-hybridized carbons (Fsp3) is 0.533. The van der Waals surface area contributed by atoms with Crippen molar-refractivity contribution in [2.24, 2.45) is 5.73 Å². The van der Waals surface area contributed by atoms with Crippen molar-refractivity contribution < 1.29 is 19.8 Å². The standard InChI is InChI=1S/C15H21N7O4/c1-15(26)5-21(14(25)8(16)4-10(23)24)3-2-9(15)22-7-20-11-12(17)18-6-19-13(11)22/h6-9,26H,2-5,16H2,1H3,(H,23,24)(H2,17,18,19)/t8-,9+,15+/m0/s1. The minimum Gasteiger partial charge on any atom is -0.481 e. The first-order valence-electron chi connectivity index (χ1n) is 8.12. The van der Waals surface area contributed by atoms with Crippen LogP contribution in [0.3, 0.4) is 0 Å². The quantitative estimate of drug-likeness (QED) is 0.516. The summed E-state index contributed by atoms with van der Waals surface area (Å²) in [5.74, 6) is -1.39. The van der Waals surface area contributed by atoms with Gasteiger partial charge in [0, 0.05) is 6.54 Å². The van der Waals surface area contributed by atoms with Crippen molar-refractivity contribution in [2.75, 3.05) is 18.8 Å². The number of nitrogen functional groups attached to an aromatic ring is 1. The highest BCUT2D eigenvalue weighted by Gasteiger charge is 2.42. The molecule has 11 heteroatoms. The summed E-state index contributed by atoms with van der Waals surface area (Å²) in [4.78, 5) is 36.8. The number of carbonyl (C=O) groups excluding carboxylic acids is 1. The van der Waals surface area contributed by atoms with Gasteiger partial charge < -0.3 is 31.1 Å². The molecule has 0 bridgehead atoms. The van der Waals surface area contributed by atoms with Gasteiger partial charge in [0.05, 0.1) is 31.4 Å². The second-order valence-corrected chi connectivity index (χ2v) is 6.71. The molecule has 2 aromatic heterocycles. The Balaban J connectivity index is 1.82. The second-order valence-electron chi connectivity index (χ2n) is 6.71. The molecule has 26 heavy (non-hydrogen) atoms. The molecule has 1 aliphatic heterocycles.